The smallest absolute Gasteiger partial charge is 0.319 e. The number of rotatable bonds is 5. The topological polar surface area (TPSA) is 108 Å². The first-order chi connectivity index (χ1) is 16.1. The van der Waals surface area contributed by atoms with Gasteiger partial charge in [0.05, 0.1) is 5.69 Å². The molecule has 178 valence electrons. The Kier molecular flexibility index (Phi) is 6.56. The summed E-state index contributed by atoms with van der Waals surface area (Å²) < 4.78 is 14.7. The molecule has 0 aliphatic carbocycles. The summed E-state index contributed by atoms with van der Waals surface area (Å²) >= 11 is 6.06. The Morgan fingerprint density at radius 3 is 2.71 bits per heavy atom. The molecule has 34 heavy (non-hydrogen) atoms. The molecule has 2 aromatic rings. The van der Waals surface area contributed by atoms with Crippen LogP contribution in [0.5, 0.6) is 0 Å². The summed E-state index contributed by atoms with van der Waals surface area (Å²) in [6, 6.07) is 6.76. The van der Waals surface area contributed by atoms with Gasteiger partial charge < -0.3 is 15.5 Å². The van der Waals surface area contributed by atoms with Gasteiger partial charge in [0.25, 0.3) is 5.91 Å². The zero-order valence-corrected chi connectivity index (χ0v) is 19.5. The van der Waals surface area contributed by atoms with Crippen molar-refractivity contribution in [1.29, 1.82) is 0 Å². The van der Waals surface area contributed by atoms with Crippen molar-refractivity contribution < 1.29 is 23.6 Å². The van der Waals surface area contributed by atoms with Crippen molar-refractivity contribution in [2.24, 2.45) is 0 Å². The van der Waals surface area contributed by atoms with Crippen LogP contribution in [0.1, 0.15) is 59.7 Å². The van der Waals surface area contributed by atoms with Crippen LogP contribution in [-0.4, -0.2) is 34.7 Å². The Bertz CT molecular complexity index is 1200. The average molecular weight is 487 g/mol. The summed E-state index contributed by atoms with van der Waals surface area (Å²) in [5.41, 5.74) is 2.36. The van der Waals surface area contributed by atoms with Crippen molar-refractivity contribution in [2.75, 3.05) is 5.32 Å². The van der Waals surface area contributed by atoms with Crippen molar-refractivity contribution in [3.05, 3.63) is 63.4 Å². The van der Waals surface area contributed by atoms with Crippen molar-refractivity contribution in [1.82, 2.24) is 15.5 Å². The summed E-state index contributed by atoms with van der Waals surface area (Å²) in [6.07, 6.45) is 0.476. The first kappa shape index (κ1) is 23.7. The number of piperidine rings is 1. The van der Waals surface area contributed by atoms with Gasteiger partial charge in [0, 0.05) is 30.1 Å². The molecule has 4 rings (SSSR count). The molecular weight excluding hydrogens is 463 g/mol. The van der Waals surface area contributed by atoms with Crippen molar-refractivity contribution in [3.8, 4) is 0 Å². The summed E-state index contributed by atoms with van der Waals surface area (Å²) in [6.45, 7) is 4.05. The van der Waals surface area contributed by atoms with Crippen LogP contribution in [-0.2, 0) is 22.7 Å². The minimum absolute atomic E-state index is 0.00636. The number of nitrogens with zero attached hydrogens (tertiary/aromatic N) is 1. The van der Waals surface area contributed by atoms with Crippen molar-refractivity contribution in [3.63, 3.8) is 0 Å². The van der Waals surface area contributed by atoms with E-state index in [0.717, 1.165) is 11.1 Å². The molecule has 1 atom stereocenters. The molecule has 1 saturated heterocycles. The number of nitrogens with one attached hydrogen (secondary N) is 3. The lowest BCUT2D eigenvalue weighted by Crippen LogP contribution is -2.52. The van der Waals surface area contributed by atoms with Crippen molar-refractivity contribution in [2.45, 2.75) is 51.7 Å². The van der Waals surface area contributed by atoms with Gasteiger partial charge in [0.1, 0.15) is 11.9 Å². The first-order valence-corrected chi connectivity index (χ1v) is 11.3. The Hall–Kier alpha value is -3.46. The van der Waals surface area contributed by atoms with Gasteiger partial charge in [-0.2, -0.15) is 0 Å². The largest absolute Gasteiger partial charge is 0.334 e. The number of carbonyl (C=O) groups excluding carboxylic acids is 4. The van der Waals surface area contributed by atoms with E-state index in [9.17, 15) is 23.6 Å². The molecular formula is C24H24ClFN4O4. The number of fused-ring (bicyclic) bond motifs is 1. The molecule has 1 fully saturated rings. The summed E-state index contributed by atoms with van der Waals surface area (Å²) in [4.78, 5) is 50.2. The van der Waals surface area contributed by atoms with Crippen LogP contribution >= 0.6 is 11.6 Å². The number of benzene rings is 2. The molecule has 2 aliphatic heterocycles. The van der Waals surface area contributed by atoms with E-state index in [4.69, 9.17) is 11.6 Å². The normalized spacial score (nSPS) is 17.6. The fourth-order valence-corrected chi connectivity index (χ4v) is 4.43. The predicted molar refractivity (Wildman–Crippen MR) is 124 cm³/mol. The standard InChI is InChI=1S/C24H24ClFN4O4/c1-12(2)17-8-15(25)9-18(21(17)26)28-24(34)27-10-13-3-4-16-14(7-13)11-30(23(16)33)19-5-6-20(31)29-22(19)32/h3-4,7-9,12,19H,5-6,10-11H2,1-2H3,(H2,27,28,34)(H,29,31,32). The third-order valence-electron chi connectivity index (χ3n) is 5.98. The highest BCUT2D eigenvalue weighted by Crippen LogP contribution is 2.30. The molecule has 0 spiro atoms. The molecule has 2 heterocycles. The van der Waals surface area contributed by atoms with Crippen LogP contribution in [0.2, 0.25) is 5.02 Å². The maximum absolute atomic E-state index is 14.7. The van der Waals surface area contributed by atoms with Crippen LogP contribution in [0.3, 0.4) is 0 Å². The Morgan fingerprint density at radius 1 is 1.24 bits per heavy atom. The van der Waals surface area contributed by atoms with Crippen molar-refractivity contribution >= 4 is 41.0 Å². The summed E-state index contributed by atoms with van der Waals surface area (Å²) in [7, 11) is 0. The van der Waals surface area contributed by atoms with E-state index >= 15 is 0 Å². The minimum atomic E-state index is -0.687. The maximum atomic E-state index is 14.7. The quantitative estimate of drug-likeness (QED) is 0.560. The Morgan fingerprint density at radius 2 is 2.00 bits per heavy atom. The molecule has 3 N–H and O–H groups in total. The average Bonchev–Trinajstić information content (AvgIpc) is 3.10. The maximum Gasteiger partial charge on any atom is 0.319 e. The molecule has 0 saturated carbocycles. The van der Waals surface area contributed by atoms with Crippen LogP contribution in [0.15, 0.2) is 30.3 Å². The molecule has 10 heteroatoms. The third kappa shape index (κ3) is 4.75. The van der Waals surface area contributed by atoms with E-state index in [1.165, 1.54) is 17.0 Å². The van der Waals surface area contributed by atoms with Gasteiger partial charge >= 0.3 is 6.03 Å². The van der Waals surface area contributed by atoms with Crippen LogP contribution in [0.4, 0.5) is 14.9 Å². The van der Waals surface area contributed by atoms with Gasteiger partial charge in [-0.1, -0.05) is 37.6 Å². The monoisotopic (exact) mass is 486 g/mol. The summed E-state index contributed by atoms with van der Waals surface area (Å²) in [5, 5.41) is 7.76. The SMILES string of the molecule is CC(C)c1cc(Cl)cc(NC(=O)NCc2ccc3c(c2)CN(C2CCC(=O)NC2=O)C3=O)c1F. The molecule has 2 aromatic carbocycles. The van der Waals surface area contributed by atoms with E-state index in [2.05, 4.69) is 16.0 Å². The number of amides is 5. The van der Waals surface area contributed by atoms with Gasteiger partial charge in [-0.15, -0.1) is 0 Å². The number of urea groups is 1. The predicted octanol–water partition coefficient (Wildman–Crippen LogP) is 3.69. The van der Waals surface area contributed by atoms with E-state index in [1.807, 2.05) is 13.8 Å². The summed E-state index contributed by atoms with van der Waals surface area (Å²) in [5.74, 6) is -1.70. The second-order valence-corrected chi connectivity index (χ2v) is 9.15. The second-order valence-electron chi connectivity index (χ2n) is 8.71. The number of anilines is 1. The lowest BCUT2D eigenvalue weighted by atomic mass is 10.0. The number of hydrogen-bond donors (Lipinski definition) is 3. The zero-order valence-electron chi connectivity index (χ0n) is 18.7. The van der Waals surface area contributed by atoms with E-state index < -0.39 is 23.8 Å². The Labute approximate surface area is 200 Å². The molecule has 8 nitrogen and oxygen atoms in total. The number of hydrogen-bond acceptors (Lipinski definition) is 4. The fraction of sp³-hybridized carbons (Fsp3) is 0.333. The molecule has 5 amide bonds. The third-order valence-corrected chi connectivity index (χ3v) is 6.19. The van der Waals surface area contributed by atoms with Crippen LogP contribution in [0.25, 0.3) is 0 Å². The molecule has 0 radical (unpaired) electrons. The lowest BCUT2D eigenvalue weighted by Gasteiger charge is -2.29. The molecule has 0 aromatic heterocycles. The van der Waals surface area contributed by atoms with Gasteiger partial charge in [-0.25, -0.2) is 9.18 Å². The number of imide groups is 1. The van der Waals surface area contributed by atoms with E-state index in [0.29, 0.717) is 16.1 Å². The number of halogens is 2. The van der Waals surface area contributed by atoms with Crippen LogP contribution < -0.4 is 16.0 Å². The minimum Gasteiger partial charge on any atom is -0.334 e. The Balaban J connectivity index is 1.40. The van der Waals surface area contributed by atoms with Gasteiger partial charge in [-0.05, 0) is 47.2 Å². The lowest BCUT2D eigenvalue weighted by molar-refractivity contribution is -0.136. The highest BCUT2D eigenvalue weighted by atomic mass is 35.5. The fourth-order valence-electron chi connectivity index (χ4n) is 4.21. The van der Waals surface area contributed by atoms with Gasteiger partial charge in [-0.3, -0.25) is 19.7 Å². The van der Waals surface area contributed by atoms with Gasteiger partial charge in [0.15, 0.2) is 0 Å². The number of carbonyl (C=O) groups is 4. The molecule has 0 bridgehead atoms. The van der Waals surface area contributed by atoms with Gasteiger partial charge in [0.2, 0.25) is 11.8 Å². The van der Waals surface area contributed by atoms with Crippen LogP contribution in [0, 0.1) is 5.82 Å². The van der Waals surface area contributed by atoms with E-state index in [1.54, 1.807) is 18.2 Å². The molecule has 2 aliphatic rings. The second kappa shape index (κ2) is 9.42. The first-order valence-electron chi connectivity index (χ1n) is 10.9. The highest BCUT2D eigenvalue weighted by Gasteiger charge is 2.39. The van der Waals surface area contributed by atoms with E-state index in [-0.39, 0.29) is 49.4 Å². The molecule has 1 unspecified atom stereocenters. The highest BCUT2D eigenvalue weighted by molar-refractivity contribution is 6.31. The zero-order chi connectivity index (χ0) is 24.6.